The molecule has 86 valence electrons. The van der Waals surface area contributed by atoms with Gasteiger partial charge in [-0.05, 0) is 30.5 Å². The minimum Gasteiger partial charge on any atom is -0.337 e. The van der Waals surface area contributed by atoms with Gasteiger partial charge >= 0.3 is 0 Å². The molecule has 4 heteroatoms. The Balaban J connectivity index is 2.21. The van der Waals surface area contributed by atoms with E-state index in [1.165, 1.54) is 0 Å². The van der Waals surface area contributed by atoms with Gasteiger partial charge < -0.3 is 10.6 Å². The van der Waals surface area contributed by atoms with Crippen LogP contribution in [0.1, 0.15) is 18.1 Å². The van der Waals surface area contributed by atoms with Gasteiger partial charge in [0.2, 0.25) is 5.91 Å². The first-order valence-electron chi connectivity index (χ1n) is 5.40. The van der Waals surface area contributed by atoms with Crippen LogP contribution in [0.3, 0.4) is 0 Å². The average Bonchev–Trinajstić information content (AvgIpc) is 2.28. The predicted octanol–water partition coefficient (Wildman–Crippen LogP) is 1.57. The molecule has 1 aliphatic heterocycles. The maximum atomic E-state index is 11.8. The van der Waals surface area contributed by atoms with E-state index >= 15 is 0 Å². The van der Waals surface area contributed by atoms with Crippen molar-refractivity contribution in [3.63, 3.8) is 0 Å². The van der Waals surface area contributed by atoms with E-state index in [4.69, 9.17) is 17.3 Å². The fourth-order valence-corrected chi connectivity index (χ4v) is 2.33. The molecular weight excluding hydrogens is 224 g/mol. The molecule has 0 bridgehead atoms. The molecule has 1 atom stereocenters. The van der Waals surface area contributed by atoms with E-state index in [9.17, 15) is 4.79 Å². The van der Waals surface area contributed by atoms with E-state index in [-0.39, 0.29) is 5.91 Å². The molecule has 2 rings (SSSR count). The topological polar surface area (TPSA) is 46.3 Å². The number of hydrogen-bond acceptors (Lipinski definition) is 2. The van der Waals surface area contributed by atoms with E-state index in [0.29, 0.717) is 13.1 Å². The van der Waals surface area contributed by atoms with Gasteiger partial charge in [0.25, 0.3) is 0 Å². The van der Waals surface area contributed by atoms with Gasteiger partial charge in [0.05, 0.1) is 6.04 Å². The Morgan fingerprint density at radius 2 is 2.31 bits per heavy atom. The molecule has 0 saturated carbocycles. The number of halogens is 1. The lowest BCUT2D eigenvalue weighted by Gasteiger charge is -2.30. The second-order valence-electron chi connectivity index (χ2n) is 4.18. The molecule has 1 heterocycles. The zero-order valence-corrected chi connectivity index (χ0v) is 10.00. The van der Waals surface area contributed by atoms with Crippen molar-refractivity contribution < 1.29 is 4.79 Å². The van der Waals surface area contributed by atoms with Crippen molar-refractivity contribution in [2.24, 2.45) is 5.73 Å². The molecule has 0 saturated heterocycles. The molecule has 1 amide bonds. The fourth-order valence-electron chi connectivity index (χ4n) is 2.04. The van der Waals surface area contributed by atoms with Gasteiger partial charge in [-0.15, -0.1) is 0 Å². The van der Waals surface area contributed by atoms with E-state index in [1.54, 1.807) is 11.8 Å². The second-order valence-corrected chi connectivity index (χ2v) is 4.58. The Morgan fingerprint density at radius 1 is 1.56 bits per heavy atom. The highest BCUT2D eigenvalue weighted by Crippen LogP contribution is 2.25. The monoisotopic (exact) mass is 238 g/mol. The summed E-state index contributed by atoms with van der Waals surface area (Å²) < 4.78 is 0. The summed E-state index contributed by atoms with van der Waals surface area (Å²) in [4.78, 5) is 13.6. The van der Waals surface area contributed by atoms with Crippen molar-refractivity contribution >= 4 is 17.5 Å². The molecule has 1 aromatic rings. The molecule has 0 aliphatic carbocycles. The van der Waals surface area contributed by atoms with E-state index in [1.807, 2.05) is 18.2 Å². The van der Waals surface area contributed by atoms with Crippen LogP contribution in [0, 0.1) is 0 Å². The largest absolute Gasteiger partial charge is 0.337 e. The number of nitrogens with zero attached hydrogens (tertiary/aromatic N) is 1. The number of carbonyl (C=O) groups is 1. The van der Waals surface area contributed by atoms with Crippen LogP contribution in [0.4, 0.5) is 0 Å². The number of rotatable bonds is 1. The van der Waals surface area contributed by atoms with Gasteiger partial charge in [-0.25, -0.2) is 0 Å². The zero-order valence-electron chi connectivity index (χ0n) is 9.24. The maximum Gasteiger partial charge on any atom is 0.239 e. The summed E-state index contributed by atoms with van der Waals surface area (Å²) in [7, 11) is 0. The third-order valence-corrected chi connectivity index (χ3v) is 3.26. The summed E-state index contributed by atoms with van der Waals surface area (Å²) in [5.41, 5.74) is 7.90. The minimum absolute atomic E-state index is 0.00521. The predicted molar refractivity (Wildman–Crippen MR) is 64.2 cm³/mol. The first kappa shape index (κ1) is 11.4. The van der Waals surface area contributed by atoms with Crippen molar-refractivity contribution in [3.8, 4) is 0 Å². The second kappa shape index (κ2) is 4.44. The summed E-state index contributed by atoms with van der Waals surface area (Å²) in [5.74, 6) is 0.00521. The van der Waals surface area contributed by atoms with Gasteiger partial charge in [0.15, 0.2) is 0 Å². The fraction of sp³-hybridized carbons (Fsp3) is 0.417. The Morgan fingerprint density at radius 3 is 3.00 bits per heavy atom. The highest BCUT2D eigenvalue weighted by atomic mass is 35.5. The van der Waals surface area contributed by atoms with Crippen LogP contribution in [-0.2, 0) is 17.8 Å². The SMILES string of the molecule is C[C@H](N)C(=O)N1CCc2c(Cl)cccc2C1. The smallest absolute Gasteiger partial charge is 0.239 e. The van der Waals surface area contributed by atoms with Gasteiger partial charge in [-0.1, -0.05) is 23.7 Å². The molecule has 0 radical (unpaired) electrons. The van der Waals surface area contributed by atoms with Crippen molar-refractivity contribution in [2.75, 3.05) is 6.54 Å². The maximum absolute atomic E-state index is 11.8. The van der Waals surface area contributed by atoms with E-state index in [2.05, 4.69) is 0 Å². The highest BCUT2D eigenvalue weighted by molar-refractivity contribution is 6.31. The molecule has 3 nitrogen and oxygen atoms in total. The number of carbonyl (C=O) groups excluding carboxylic acids is 1. The quantitative estimate of drug-likeness (QED) is 0.808. The Hall–Kier alpha value is -1.06. The normalized spacial score (nSPS) is 16.8. The van der Waals surface area contributed by atoms with Crippen LogP contribution in [0.15, 0.2) is 18.2 Å². The molecule has 0 fully saturated rings. The number of benzene rings is 1. The summed E-state index contributed by atoms with van der Waals surface area (Å²) in [6, 6.07) is 5.40. The third-order valence-electron chi connectivity index (χ3n) is 2.91. The zero-order chi connectivity index (χ0) is 11.7. The van der Waals surface area contributed by atoms with Crippen LogP contribution in [0.5, 0.6) is 0 Å². The van der Waals surface area contributed by atoms with Gasteiger partial charge in [-0.3, -0.25) is 4.79 Å². The Labute approximate surface area is 100 Å². The van der Waals surface area contributed by atoms with Gasteiger partial charge in [0, 0.05) is 18.1 Å². The lowest BCUT2D eigenvalue weighted by atomic mass is 9.99. The summed E-state index contributed by atoms with van der Waals surface area (Å²) >= 11 is 6.10. The lowest BCUT2D eigenvalue weighted by Crippen LogP contribution is -2.44. The molecule has 0 aromatic heterocycles. The van der Waals surface area contributed by atoms with Crippen LogP contribution in [-0.4, -0.2) is 23.4 Å². The van der Waals surface area contributed by atoms with Crippen LogP contribution < -0.4 is 5.73 Å². The summed E-state index contributed by atoms with van der Waals surface area (Å²) in [6.07, 6.45) is 0.813. The molecular formula is C12H15ClN2O. The first-order valence-corrected chi connectivity index (χ1v) is 5.78. The standard InChI is InChI=1S/C12H15ClN2O/c1-8(14)12(16)15-6-5-10-9(7-15)3-2-4-11(10)13/h2-4,8H,5-7,14H2,1H3/t8-/m0/s1. The Bertz CT molecular complexity index is 417. The number of fused-ring (bicyclic) bond motifs is 1. The summed E-state index contributed by atoms with van der Waals surface area (Å²) in [6.45, 7) is 3.04. The first-order chi connectivity index (χ1) is 7.59. The molecule has 2 N–H and O–H groups in total. The van der Waals surface area contributed by atoms with E-state index in [0.717, 1.165) is 22.6 Å². The molecule has 0 unspecified atom stereocenters. The summed E-state index contributed by atoms with van der Waals surface area (Å²) in [5, 5.41) is 0.797. The van der Waals surface area contributed by atoms with Crippen LogP contribution >= 0.6 is 11.6 Å². The van der Waals surface area contributed by atoms with Crippen molar-refractivity contribution in [1.29, 1.82) is 0 Å². The van der Waals surface area contributed by atoms with Crippen LogP contribution in [0.25, 0.3) is 0 Å². The number of amides is 1. The molecule has 1 aromatic carbocycles. The molecule has 0 spiro atoms. The van der Waals surface area contributed by atoms with Crippen molar-refractivity contribution in [2.45, 2.75) is 25.9 Å². The average molecular weight is 239 g/mol. The van der Waals surface area contributed by atoms with Gasteiger partial charge in [-0.2, -0.15) is 0 Å². The van der Waals surface area contributed by atoms with Gasteiger partial charge in [0.1, 0.15) is 0 Å². The Kier molecular flexibility index (Phi) is 3.17. The van der Waals surface area contributed by atoms with Crippen molar-refractivity contribution in [3.05, 3.63) is 34.3 Å². The third kappa shape index (κ3) is 2.06. The highest BCUT2D eigenvalue weighted by Gasteiger charge is 2.23. The number of hydrogen-bond donors (Lipinski definition) is 1. The van der Waals surface area contributed by atoms with Crippen molar-refractivity contribution in [1.82, 2.24) is 4.90 Å². The molecule has 16 heavy (non-hydrogen) atoms. The van der Waals surface area contributed by atoms with Crippen LogP contribution in [0.2, 0.25) is 5.02 Å². The minimum atomic E-state index is -0.430. The molecule has 1 aliphatic rings. The van der Waals surface area contributed by atoms with E-state index < -0.39 is 6.04 Å². The lowest BCUT2D eigenvalue weighted by molar-refractivity contribution is -0.133. The number of nitrogens with two attached hydrogens (primary N) is 1.